The van der Waals surface area contributed by atoms with Crippen LogP contribution in [-0.4, -0.2) is 0 Å². The highest BCUT2D eigenvalue weighted by molar-refractivity contribution is 6.36. The summed E-state index contributed by atoms with van der Waals surface area (Å²) in [6.07, 6.45) is 0. The van der Waals surface area contributed by atoms with Gasteiger partial charge in [-0.05, 0) is 59.9 Å². The van der Waals surface area contributed by atoms with Crippen LogP contribution >= 0.6 is 0 Å². The summed E-state index contributed by atoms with van der Waals surface area (Å²) in [6.45, 7) is 0. The Balaban J connectivity index is 2.12. The van der Waals surface area contributed by atoms with Gasteiger partial charge in [0.15, 0.2) is 0 Å². The van der Waals surface area contributed by atoms with Gasteiger partial charge in [-0.15, -0.1) is 0 Å². The van der Waals surface area contributed by atoms with Crippen LogP contribution in [0, 0.1) is 6.07 Å². The summed E-state index contributed by atoms with van der Waals surface area (Å²) in [7, 11) is 0. The molecule has 0 aliphatic carbocycles. The maximum absolute atomic E-state index is 3.71. The van der Waals surface area contributed by atoms with Gasteiger partial charge in [-0.25, -0.2) is 0 Å². The molecule has 24 heavy (non-hydrogen) atoms. The summed E-state index contributed by atoms with van der Waals surface area (Å²) in [5.41, 5.74) is 0. The lowest BCUT2D eigenvalue weighted by atomic mass is 9.87. The Morgan fingerprint density at radius 2 is 1.17 bits per heavy atom. The van der Waals surface area contributed by atoms with Crippen molar-refractivity contribution in [1.29, 1.82) is 0 Å². The van der Waals surface area contributed by atoms with Crippen LogP contribution in [0.3, 0.4) is 0 Å². The van der Waals surface area contributed by atoms with E-state index in [0.717, 1.165) is 0 Å². The normalized spacial score (nSPS) is 12.2. The fourth-order valence-corrected chi connectivity index (χ4v) is 4.25. The van der Waals surface area contributed by atoms with Gasteiger partial charge in [0.05, 0.1) is 0 Å². The summed E-state index contributed by atoms with van der Waals surface area (Å²) in [5, 5.41) is 13.0. The summed E-state index contributed by atoms with van der Waals surface area (Å²) < 4.78 is 0. The van der Waals surface area contributed by atoms with Gasteiger partial charge in [0.1, 0.15) is 0 Å². The third kappa shape index (κ3) is 1.39. The van der Waals surface area contributed by atoms with E-state index in [1.165, 1.54) is 53.9 Å². The van der Waals surface area contributed by atoms with Gasteiger partial charge in [0, 0.05) is 0 Å². The zero-order chi connectivity index (χ0) is 15.7. The first-order valence-corrected chi connectivity index (χ1v) is 8.31. The Morgan fingerprint density at radius 1 is 0.458 bits per heavy atom. The molecule has 0 saturated heterocycles. The van der Waals surface area contributed by atoms with E-state index < -0.39 is 0 Å². The predicted octanol–water partition coefficient (Wildman–Crippen LogP) is 6.69. The number of hydrogen-bond donors (Lipinski definition) is 0. The minimum absolute atomic E-state index is 1.19. The monoisotopic (exact) mass is 301 g/mol. The maximum Gasteiger partial charge on any atom is -0.000718 e. The highest BCUT2D eigenvalue weighted by Gasteiger charge is 2.14. The number of hydrogen-bond acceptors (Lipinski definition) is 0. The minimum atomic E-state index is 1.19. The molecule has 0 aliphatic heterocycles. The van der Waals surface area contributed by atoms with Gasteiger partial charge in [-0.1, -0.05) is 78.9 Å². The van der Waals surface area contributed by atoms with Crippen LogP contribution in [0.4, 0.5) is 0 Å². The molecule has 0 amide bonds. The molecule has 0 heteroatoms. The zero-order valence-corrected chi connectivity index (χ0v) is 13.0. The molecule has 0 nitrogen and oxygen atoms in total. The molecule has 0 unspecified atom stereocenters. The van der Waals surface area contributed by atoms with Crippen molar-refractivity contribution in [3.63, 3.8) is 0 Å². The van der Waals surface area contributed by atoms with Crippen molar-refractivity contribution in [3.05, 3.63) is 84.9 Å². The second-order valence-corrected chi connectivity index (χ2v) is 6.48. The van der Waals surface area contributed by atoms with E-state index in [1.54, 1.807) is 0 Å². The van der Waals surface area contributed by atoms with E-state index in [4.69, 9.17) is 0 Å². The van der Waals surface area contributed by atoms with E-state index in [9.17, 15) is 0 Å². The summed E-state index contributed by atoms with van der Waals surface area (Å²) in [5.74, 6) is 0. The van der Waals surface area contributed by atoms with E-state index in [1.807, 2.05) is 0 Å². The van der Waals surface area contributed by atoms with Gasteiger partial charge < -0.3 is 0 Å². The lowest BCUT2D eigenvalue weighted by molar-refractivity contribution is 1.78. The molecule has 0 fully saturated rings. The van der Waals surface area contributed by atoms with Crippen molar-refractivity contribution in [1.82, 2.24) is 0 Å². The van der Waals surface area contributed by atoms with E-state index in [2.05, 4.69) is 84.9 Å². The van der Waals surface area contributed by atoms with Gasteiger partial charge >= 0.3 is 0 Å². The molecule has 0 atom stereocenters. The maximum atomic E-state index is 3.71. The molecule has 6 aromatic rings. The average Bonchev–Trinajstić information content (AvgIpc) is 2.66. The highest BCUT2D eigenvalue weighted by Crippen LogP contribution is 2.42. The molecule has 0 spiro atoms. The molecule has 109 valence electrons. The number of benzene rings is 6. The molecule has 0 aliphatic rings. The van der Waals surface area contributed by atoms with Crippen molar-refractivity contribution in [3.8, 4) is 0 Å². The van der Waals surface area contributed by atoms with Crippen LogP contribution in [0.15, 0.2) is 78.9 Å². The number of fused-ring (bicyclic) bond motifs is 5. The highest BCUT2D eigenvalue weighted by atomic mass is 14.2. The topological polar surface area (TPSA) is 0 Å². The van der Waals surface area contributed by atoms with Crippen LogP contribution in [0.1, 0.15) is 0 Å². The zero-order valence-electron chi connectivity index (χ0n) is 13.0. The van der Waals surface area contributed by atoms with Crippen molar-refractivity contribution in [2.24, 2.45) is 0 Å². The predicted molar refractivity (Wildman–Crippen MR) is 104 cm³/mol. The Morgan fingerprint density at radius 3 is 2.08 bits per heavy atom. The van der Waals surface area contributed by atoms with Crippen molar-refractivity contribution in [2.45, 2.75) is 0 Å². The van der Waals surface area contributed by atoms with Crippen molar-refractivity contribution < 1.29 is 0 Å². The Kier molecular flexibility index (Phi) is 2.18. The van der Waals surface area contributed by atoms with Crippen LogP contribution in [0.5, 0.6) is 0 Å². The summed E-state index contributed by atoms with van der Waals surface area (Å²) in [6, 6.07) is 32.2. The van der Waals surface area contributed by atoms with Crippen LogP contribution in [0.25, 0.3) is 53.9 Å². The standard InChI is InChI=1S/C24H13/c1-2-8-17-16(6-1)14-22-19-10-4-3-9-18(19)20-11-5-7-15-12-13-21(17)24(22)23(15)20/h1-13H. The third-order valence-corrected chi connectivity index (χ3v) is 5.26. The van der Waals surface area contributed by atoms with Gasteiger partial charge in [-0.3, -0.25) is 0 Å². The fourth-order valence-electron chi connectivity index (χ4n) is 4.25. The van der Waals surface area contributed by atoms with Crippen molar-refractivity contribution in [2.75, 3.05) is 0 Å². The molecule has 0 heterocycles. The molecule has 6 rings (SSSR count). The molecule has 0 saturated carbocycles. The third-order valence-electron chi connectivity index (χ3n) is 5.26. The van der Waals surface area contributed by atoms with Gasteiger partial charge in [0.2, 0.25) is 0 Å². The first-order valence-electron chi connectivity index (χ1n) is 8.31. The fraction of sp³-hybridized carbons (Fsp3) is 0. The number of rotatable bonds is 0. The SMILES string of the molecule is [c]1c2ccccc2c2ccc3cccc4c5ccccc5c1c2c34. The average molecular weight is 301 g/mol. The molecule has 6 aromatic carbocycles. The Bertz CT molecular complexity index is 1390. The molecular formula is C24H13. The molecule has 0 bridgehead atoms. The van der Waals surface area contributed by atoms with Crippen LogP contribution < -0.4 is 0 Å². The first-order chi connectivity index (χ1) is 11.9. The first kappa shape index (κ1) is 12.3. The van der Waals surface area contributed by atoms with E-state index in [0.29, 0.717) is 0 Å². The second kappa shape index (κ2) is 4.24. The van der Waals surface area contributed by atoms with Gasteiger partial charge in [-0.2, -0.15) is 0 Å². The molecular weight excluding hydrogens is 288 g/mol. The largest absolute Gasteiger partial charge is 0.0616 e. The molecule has 0 N–H and O–H groups in total. The van der Waals surface area contributed by atoms with Crippen LogP contribution in [0.2, 0.25) is 0 Å². The van der Waals surface area contributed by atoms with E-state index in [-0.39, 0.29) is 0 Å². The smallest absolute Gasteiger partial charge is 0.000718 e. The Labute approximate surface area is 139 Å². The Hall–Kier alpha value is -3.12. The lowest BCUT2D eigenvalue weighted by Gasteiger charge is -2.16. The van der Waals surface area contributed by atoms with Crippen LogP contribution in [-0.2, 0) is 0 Å². The minimum Gasteiger partial charge on any atom is -0.0616 e. The summed E-state index contributed by atoms with van der Waals surface area (Å²) in [4.78, 5) is 0. The quantitative estimate of drug-likeness (QED) is 0.216. The second-order valence-electron chi connectivity index (χ2n) is 6.48. The lowest BCUT2D eigenvalue weighted by Crippen LogP contribution is -1.88. The summed E-state index contributed by atoms with van der Waals surface area (Å²) >= 11 is 0. The van der Waals surface area contributed by atoms with Gasteiger partial charge in [0.25, 0.3) is 0 Å². The molecule has 1 radical (unpaired) electrons. The van der Waals surface area contributed by atoms with E-state index >= 15 is 0 Å². The van der Waals surface area contributed by atoms with Crippen molar-refractivity contribution >= 4 is 53.9 Å². The molecule has 0 aromatic heterocycles.